The predicted octanol–water partition coefficient (Wildman–Crippen LogP) is -2.54. The Morgan fingerprint density at radius 2 is 2.00 bits per heavy atom. The summed E-state index contributed by atoms with van der Waals surface area (Å²) < 4.78 is 4.84. The van der Waals surface area contributed by atoms with Gasteiger partial charge < -0.3 is 25.2 Å². The van der Waals surface area contributed by atoms with E-state index in [-0.39, 0.29) is 6.61 Å². The van der Waals surface area contributed by atoms with E-state index in [4.69, 9.17) is 25.2 Å². The van der Waals surface area contributed by atoms with Gasteiger partial charge in [-0.15, -0.1) is 0 Å². The fourth-order valence-corrected chi connectivity index (χ4v) is 1.06. The molecule has 5 heteroatoms. The Bertz CT molecular complexity index is 128. The van der Waals surface area contributed by atoms with E-state index < -0.39 is 31.0 Å². The minimum absolute atomic E-state index is 0.268. The Kier molecular flexibility index (Phi) is 2.80. The van der Waals surface area contributed by atoms with Crippen LogP contribution in [-0.2, 0) is 4.74 Å². The van der Waals surface area contributed by atoms with E-state index in [0.29, 0.717) is 0 Å². The molecule has 5 nitrogen and oxygen atoms in total. The topological polar surface area (TPSA) is 90.2 Å². The maximum absolute atomic E-state index is 9.11. The van der Waals surface area contributed by atoms with Gasteiger partial charge >= 0.3 is 0 Å². The highest BCUT2D eigenvalue weighted by molar-refractivity contribution is 4.91. The highest BCUT2D eigenvalue weighted by atomic mass is 16.6. The molecule has 66 valence electrons. The minimum atomic E-state index is -1.06. The number of hydrogen-bond acceptors (Lipinski definition) is 5. The molecule has 0 amide bonds. The van der Waals surface area contributed by atoms with Gasteiger partial charge in [-0.05, 0) is 0 Å². The molecule has 0 aromatic carbocycles. The van der Waals surface area contributed by atoms with Crippen molar-refractivity contribution in [1.29, 1.82) is 0 Å². The van der Waals surface area contributed by atoms with E-state index in [1.807, 2.05) is 0 Å². The number of rotatable bonds is 3. The van der Waals surface area contributed by atoms with E-state index in [1.54, 1.807) is 0 Å². The van der Waals surface area contributed by atoms with Crippen LogP contribution >= 0.6 is 0 Å². The Balaban J connectivity index is 2.32. The van der Waals surface area contributed by atoms with Gasteiger partial charge in [-0.25, -0.2) is 0 Å². The van der Waals surface area contributed by atoms with Crippen LogP contribution in [-0.4, -0.2) is 58.1 Å². The Labute approximate surface area is 63.8 Å². The van der Waals surface area contributed by atoms with Crippen LogP contribution in [0.25, 0.3) is 0 Å². The fraction of sp³-hybridized carbons (Fsp3) is 1.00. The largest absolute Gasteiger partial charge is 0.394 e. The van der Waals surface area contributed by atoms with Crippen molar-refractivity contribution in [3.05, 3.63) is 0 Å². The standard InChI is InChI=1S/C6H12O5/c7-1-3(9)6-5(10)4(2-8)11-6/h3-10H,1-2H2/t3-,4+,5+,6+/m0/s1. The molecular formula is C6H12O5. The zero-order valence-corrected chi connectivity index (χ0v) is 5.92. The van der Waals surface area contributed by atoms with E-state index in [9.17, 15) is 0 Å². The van der Waals surface area contributed by atoms with Gasteiger partial charge in [0.05, 0.1) is 13.2 Å². The first-order chi connectivity index (χ1) is 5.20. The van der Waals surface area contributed by atoms with Crippen molar-refractivity contribution in [1.82, 2.24) is 0 Å². The second kappa shape index (κ2) is 3.46. The van der Waals surface area contributed by atoms with Gasteiger partial charge in [-0.2, -0.15) is 0 Å². The maximum Gasteiger partial charge on any atom is 0.115 e. The third-order valence-corrected chi connectivity index (χ3v) is 1.80. The smallest absolute Gasteiger partial charge is 0.115 e. The first-order valence-electron chi connectivity index (χ1n) is 3.44. The normalized spacial score (nSPS) is 39.8. The van der Waals surface area contributed by atoms with Gasteiger partial charge in [-0.1, -0.05) is 0 Å². The number of hydrogen-bond donors (Lipinski definition) is 4. The van der Waals surface area contributed by atoms with E-state index in [2.05, 4.69) is 0 Å². The summed E-state index contributed by atoms with van der Waals surface area (Å²) >= 11 is 0. The van der Waals surface area contributed by atoms with Crippen LogP contribution in [0, 0.1) is 0 Å². The van der Waals surface area contributed by atoms with Gasteiger partial charge in [0.15, 0.2) is 0 Å². The molecule has 1 aliphatic rings. The van der Waals surface area contributed by atoms with Gasteiger partial charge in [-0.3, -0.25) is 0 Å². The molecule has 4 N–H and O–H groups in total. The first kappa shape index (κ1) is 8.89. The molecule has 0 saturated carbocycles. The summed E-state index contributed by atoms with van der Waals surface area (Å²) in [6.07, 6.45) is -3.30. The van der Waals surface area contributed by atoms with Crippen LogP contribution in [0.5, 0.6) is 0 Å². The second-order valence-corrected chi connectivity index (χ2v) is 2.56. The summed E-state index contributed by atoms with van der Waals surface area (Å²) in [7, 11) is 0. The molecule has 4 atom stereocenters. The molecule has 0 spiro atoms. The fourth-order valence-electron chi connectivity index (χ4n) is 1.06. The molecule has 0 aliphatic carbocycles. The summed E-state index contributed by atoms with van der Waals surface area (Å²) in [5.41, 5.74) is 0. The number of aliphatic hydroxyl groups excluding tert-OH is 4. The lowest BCUT2D eigenvalue weighted by Gasteiger charge is -2.42. The van der Waals surface area contributed by atoms with Crippen molar-refractivity contribution >= 4 is 0 Å². The number of ether oxygens (including phenoxy) is 1. The summed E-state index contributed by atoms with van der Waals surface area (Å²) in [6.45, 7) is -0.713. The zero-order valence-electron chi connectivity index (χ0n) is 5.92. The van der Waals surface area contributed by atoms with Crippen LogP contribution < -0.4 is 0 Å². The Morgan fingerprint density at radius 3 is 2.36 bits per heavy atom. The lowest BCUT2D eigenvalue weighted by molar-refractivity contribution is -0.264. The van der Waals surface area contributed by atoms with Crippen molar-refractivity contribution in [2.24, 2.45) is 0 Å². The van der Waals surface area contributed by atoms with Gasteiger partial charge in [0.2, 0.25) is 0 Å². The SMILES string of the molecule is OC[C@H](O)[C@H]1O[C@H](CO)[C@H]1O. The monoisotopic (exact) mass is 164 g/mol. The molecule has 1 rings (SSSR count). The third-order valence-electron chi connectivity index (χ3n) is 1.80. The molecule has 0 unspecified atom stereocenters. The predicted molar refractivity (Wildman–Crippen MR) is 34.8 cm³/mol. The Morgan fingerprint density at radius 1 is 1.36 bits per heavy atom. The van der Waals surface area contributed by atoms with Crippen LogP contribution in [0.1, 0.15) is 0 Å². The van der Waals surface area contributed by atoms with Crippen molar-refractivity contribution < 1.29 is 25.2 Å². The average Bonchev–Trinajstić information content (AvgIpc) is 2.02. The van der Waals surface area contributed by atoms with Crippen molar-refractivity contribution in [2.75, 3.05) is 13.2 Å². The van der Waals surface area contributed by atoms with Crippen molar-refractivity contribution in [2.45, 2.75) is 24.4 Å². The second-order valence-electron chi connectivity index (χ2n) is 2.56. The molecule has 0 radical (unpaired) electrons. The molecule has 1 heterocycles. The average molecular weight is 164 g/mol. The van der Waals surface area contributed by atoms with E-state index >= 15 is 0 Å². The molecule has 0 aromatic rings. The van der Waals surface area contributed by atoms with Crippen molar-refractivity contribution in [3.8, 4) is 0 Å². The van der Waals surface area contributed by atoms with Crippen LogP contribution in [0.2, 0.25) is 0 Å². The molecule has 11 heavy (non-hydrogen) atoms. The molecular weight excluding hydrogens is 152 g/mol. The molecule has 1 aliphatic heterocycles. The molecule has 0 bridgehead atoms. The maximum atomic E-state index is 9.11. The lowest BCUT2D eigenvalue weighted by Crippen LogP contribution is -2.61. The van der Waals surface area contributed by atoms with Gasteiger partial charge in [0.1, 0.15) is 24.4 Å². The summed E-state index contributed by atoms with van der Waals surface area (Å²) in [5, 5.41) is 35.0. The molecule has 1 fully saturated rings. The highest BCUT2D eigenvalue weighted by Crippen LogP contribution is 2.23. The minimum Gasteiger partial charge on any atom is -0.394 e. The highest BCUT2D eigenvalue weighted by Gasteiger charge is 2.44. The Hall–Kier alpha value is -0.200. The van der Waals surface area contributed by atoms with Gasteiger partial charge in [0.25, 0.3) is 0 Å². The zero-order chi connectivity index (χ0) is 8.43. The van der Waals surface area contributed by atoms with Crippen LogP contribution in [0.4, 0.5) is 0 Å². The molecule has 1 saturated heterocycles. The summed E-state index contributed by atoms with van der Waals surface area (Å²) in [4.78, 5) is 0. The van der Waals surface area contributed by atoms with Crippen LogP contribution in [0.15, 0.2) is 0 Å². The third kappa shape index (κ3) is 1.52. The number of aliphatic hydroxyl groups is 4. The van der Waals surface area contributed by atoms with E-state index in [1.165, 1.54) is 0 Å². The van der Waals surface area contributed by atoms with E-state index in [0.717, 1.165) is 0 Å². The first-order valence-corrected chi connectivity index (χ1v) is 3.44. The molecule has 0 aromatic heterocycles. The lowest BCUT2D eigenvalue weighted by atomic mass is 9.97. The summed E-state index contributed by atoms with van der Waals surface area (Å²) in [6, 6.07) is 0. The summed E-state index contributed by atoms with van der Waals surface area (Å²) in [5.74, 6) is 0. The van der Waals surface area contributed by atoms with Gasteiger partial charge in [0, 0.05) is 0 Å². The van der Waals surface area contributed by atoms with Crippen LogP contribution in [0.3, 0.4) is 0 Å². The van der Waals surface area contributed by atoms with Crippen molar-refractivity contribution in [3.63, 3.8) is 0 Å². The quantitative estimate of drug-likeness (QED) is 0.369.